The van der Waals surface area contributed by atoms with Crippen molar-refractivity contribution >= 4 is 11.5 Å². The first-order chi connectivity index (χ1) is 15.1. The molecule has 3 aromatic heterocycles. The Morgan fingerprint density at radius 3 is 2.84 bits per heavy atom. The summed E-state index contributed by atoms with van der Waals surface area (Å²) in [4.78, 5) is 16.8. The molecule has 0 spiro atoms. The quantitative estimate of drug-likeness (QED) is 0.467. The van der Waals surface area contributed by atoms with E-state index in [1.54, 1.807) is 53.5 Å². The Hall–Kier alpha value is -4.45. The lowest BCUT2D eigenvalue weighted by Crippen LogP contribution is -2.14. The number of benzene rings is 1. The molecule has 8 nitrogen and oxygen atoms in total. The maximum Gasteiger partial charge on any atom is 0.147 e. The lowest BCUT2D eigenvalue weighted by Gasteiger charge is -2.15. The van der Waals surface area contributed by atoms with Crippen molar-refractivity contribution in [3.8, 4) is 11.8 Å². The molecule has 0 saturated heterocycles. The SMILES string of the molecule is CC(Nc1ncncc1C(=N)c1cccc(C#N)n1)c1cn(-c2ccccc2F)cn1. The number of nitriles is 1. The van der Waals surface area contributed by atoms with Crippen LogP contribution in [0.15, 0.2) is 67.5 Å². The molecule has 0 fully saturated rings. The fourth-order valence-electron chi connectivity index (χ4n) is 3.04. The predicted molar refractivity (Wildman–Crippen MR) is 112 cm³/mol. The number of nitrogens with zero attached hydrogens (tertiary/aromatic N) is 6. The average molecular weight is 412 g/mol. The van der Waals surface area contributed by atoms with Crippen LogP contribution in [0.2, 0.25) is 0 Å². The van der Waals surface area contributed by atoms with Gasteiger partial charge in [-0.05, 0) is 31.2 Å². The van der Waals surface area contributed by atoms with Gasteiger partial charge < -0.3 is 9.88 Å². The fourth-order valence-corrected chi connectivity index (χ4v) is 3.04. The highest BCUT2D eigenvalue weighted by molar-refractivity contribution is 6.12. The molecule has 0 radical (unpaired) electrons. The minimum absolute atomic E-state index is 0.0873. The monoisotopic (exact) mass is 412 g/mol. The van der Waals surface area contributed by atoms with E-state index in [4.69, 9.17) is 10.7 Å². The van der Waals surface area contributed by atoms with E-state index in [-0.39, 0.29) is 23.3 Å². The van der Waals surface area contributed by atoms with Crippen LogP contribution in [0, 0.1) is 22.6 Å². The summed E-state index contributed by atoms with van der Waals surface area (Å²) in [6.45, 7) is 1.89. The molecule has 9 heteroatoms. The molecule has 0 aliphatic rings. The zero-order valence-corrected chi connectivity index (χ0v) is 16.5. The fraction of sp³-hybridized carbons (Fsp3) is 0.0909. The number of para-hydroxylation sites is 1. The van der Waals surface area contributed by atoms with Crippen LogP contribution in [0.3, 0.4) is 0 Å². The van der Waals surface area contributed by atoms with Gasteiger partial charge in [0.25, 0.3) is 0 Å². The van der Waals surface area contributed by atoms with Crippen LogP contribution in [0.25, 0.3) is 5.69 Å². The van der Waals surface area contributed by atoms with E-state index >= 15 is 0 Å². The summed E-state index contributed by atoms with van der Waals surface area (Å²) >= 11 is 0. The molecule has 0 amide bonds. The zero-order chi connectivity index (χ0) is 21.8. The van der Waals surface area contributed by atoms with E-state index < -0.39 is 0 Å². The van der Waals surface area contributed by atoms with Gasteiger partial charge in [-0.2, -0.15) is 5.26 Å². The maximum atomic E-state index is 14.1. The molecule has 2 N–H and O–H groups in total. The summed E-state index contributed by atoms with van der Waals surface area (Å²) in [6, 6.07) is 13.0. The van der Waals surface area contributed by atoms with Gasteiger partial charge in [0, 0.05) is 12.4 Å². The molecule has 31 heavy (non-hydrogen) atoms. The van der Waals surface area contributed by atoms with Gasteiger partial charge in [0.05, 0.1) is 40.7 Å². The van der Waals surface area contributed by atoms with E-state index in [1.807, 2.05) is 13.0 Å². The summed E-state index contributed by atoms with van der Waals surface area (Å²) in [5.74, 6) is 0.0859. The van der Waals surface area contributed by atoms with E-state index in [2.05, 4.69) is 25.3 Å². The summed E-state index contributed by atoms with van der Waals surface area (Å²) in [6.07, 6.45) is 6.18. The molecule has 1 atom stereocenters. The summed E-state index contributed by atoms with van der Waals surface area (Å²) in [7, 11) is 0. The van der Waals surface area contributed by atoms with Gasteiger partial charge in [0.15, 0.2) is 0 Å². The Morgan fingerprint density at radius 1 is 1.19 bits per heavy atom. The first kappa shape index (κ1) is 19.8. The number of imidazole rings is 1. The van der Waals surface area contributed by atoms with Crippen molar-refractivity contribution < 1.29 is 4.39 Å². The van der Waals surface area contributed by atoms with Crippen molar-refractivity contribution in [1.29, 1.82) is 10.7 Å². The molecule has 1 aromatic carbocycles. The second-order valence-electron chi connectivity index (χ2n) is 6.70. The van der Waals surface area contributed by atoms with Crippen LogP contribution >= 0.6 is 0 Å². The highest BCUT2D eigenvalue weighted by atomic mass is 19.1. The lowest BCUT2D eigenvalue weighted by atomic mass is 10.1. The average Bonchev–Trinajstić information content (AvgIpc) is 3.29. The lowest BCUT2D eigenvalue weighted by molar-refractivity contribution is 0.618. The molecule has 0 saturated carbocycles. The van der Waals surface area contributed by atoms with Gasteiger partial charge in [0.1, 0.15) is 29.7 Å². The molecule has 0 aliphatic heterocycles. The smallest absolute Gasteiger partial charge is 0.147 e. The van der Waals surface area contributed by atoms with Crippen LogP contribution in [0.1, 0.15) is 35.6 Å². The number of halogens is 1. The van der Waals surface area contributed by atoms with Gasteiger partial charge in [-0.15, -0.1) is 0 Å². The number of hydrogen-bond donors (Lipinski definition) is 2. The van der Waals surface area contributed by atoms with Gasteiger partial charge in [-0.25, -0.2) is 24.3 Å². The van der Waals surface area contributed by atoms with E-state index in [0.717, 1.165) is 0 Å². The van der Waals surface area contributed by atoms with Gasteiger partial charge in [-0.3, -0.25) is 5.41 Å². The van der Waals surface area contributed by atoms with Gasteiger partial charge in [-0.1, -0.05) is 18.2 Å². The third-order valence-electron chi connectivity index (χ3n) is 4.63. The third-order valence-corrected chi connectivity index (χ3v) is 4.63. The molecule has 152 valence electrons. The van der Waals surface area contributed by atoms with Crippen molar-refractivity contribution in [1.82, 2.24) is 24.5 Å². The Morgan fingerprint density at radius 2 is 2.03 bits per heavy atom. The highest BCUT2D eigenvalue weighted by Gasteiger charge is 2.17. The van der Waals surface area contributed by atoms with Crippen molar-refractivity contribution in [2.45, 2.75) is 13.0 Å². The molecule has 0 bridgehead atoms. The first-order valence-corrected chi connectivity index (χ1v) is 9.38. The predicted octanol–water partition coefficient (Wildman–Crippen LogP) is 3.66. The Kier molecular flexibility index (Phi) is 5.45. The van der Waals surface area contributed by atoms with Gasteiger partial charge in [0.2, 0.25) is 0 Å². The van der Waals surface area contributed by atoms with Crippen molar-refractivity contribution in [2.75, 3.05) is 5.32 Å². The minimum Gasteiger partial charge on any atom is -0.361 e. The van der Waals surface area contributed by atoms with E-state index in [9.17, 15) is 4.39 Å². The van der Waals surface area contributed by atoms with E-state index in [0.29, 0.717) is 28.5 Å². The molecule has 0 aliphatic carbocycles. The molecule has 4 aromatic rings. The Bertz CT molecular complexity index is 1290. The standard InChI is InChI=1S/C22H17FN8/c1-14(19-11-31(13-28-19)20-8-3-2-6-17(20)23)29-22-16(10-26-12-27-22)21(25)18-7-4-5-15(9-24)30-18/h2-8,10-14,25H,1H3,(H,26,27,29). The number of anilines is 1. The topological polar surface area (TPSA) is 116 Å². The van der Waals surface area contributed by atoms with Crippen molar-refractivity contribution in [2.24, 2.45) is 0 Å². The van der Waals surface area contributed by atoms with Crippen molar-refractivity contribution in [3.63, 3.8) is 0 Å². The largest absolute Gasteiger partial charge is 0.361 e. The first-order valence-electron chi connectivity index (χ1n) is 9.38. The molecule has 4 rings (SSSR count). The number of nitrogens with one attached hydrogen (secondary N) is 2. The summed E-state index contributed by atoms with van der Waals surface area (Å²) < 4.78 is 15.7. The molecule has 1 unspecified atom stereocenters. The van der Waals surface area contributed by atoms with Crippen molar-refractivity contribution in [3.05, 3.63) is 96.0 Å². The summed E-state index contributed by atoms with van der Waals surface area (Å²) in [5, 5.41) is 20.8. The molecule has 3 heterocycles. The van der Waals surface area contributed by atoms with E-state index in [1.165, 1.54) is 18.6 Å². The summed E-state index contributed by atoms with van der Waals surface area (Å²) in [5.41, 5.74) is 2.16. The highest BCUT2D eigenvalue weighted by Crippen LogP contribution is 2.22. The van der Waals surface area contributed by atoms with Crippen LogP contribution in [-0.4, -0.2) is 30.2 Å². The molecular weight excluding hydrogens is 395 g/mol. The second-order valence-corrected chi connectivity index (χ2v) is 6.70. The molecular formula is C22H17FN8. The number of hydrogen-bond acceptors (Lipinski definition) is 7. The zero-order valence-electron chi connectivity index (χ0n) is 16.5. The van der Waals surface area contributed by atoms with Crippen LogP contribution in [0.4, 0.5) is 10.2 Å². The van der Waals surface area contributed by atoms with Crippen LogP contribution < -0.4 is 5.32 Å². The van der Waals surface area contributed by atoms with Crippen LogP contribution in [-0.2, 0) is 0 Å². The number of pyridine rings is 1. The normalized spacial score (nSPS) is 11.5. The van der Waals surface area contributed by atoms with Crippen LogP contribution in [0.5, 0.6) is 0 Å². The third kappa shape index (κ3) is 4.13. The minimum atomic E-state index is -0.342. The number of aromatic nitrogens is 5. The Balaban J connectivity index is 1.59. The maximum absolute atomic E-state index is 14.1. The Labute approximate surface area is 177 Å². The van der Waals surface area contributed by atoms with Gasteiger partial charge >= 0.3 is 0 Å². The number of rotatable bonds is 6. The second kappa shape index (κ2) is 8.51.